The molecule has 1 N–H and O–H groups in total. The van der Waals surface area contributed by atoms with Crippen molar-refractivity contribution in [2.75, 3.05) is 5.32 Å². The van der Waals surface area contributed by atoms with Crippen molar-refractivity contribution in [1.29, 1.82) is 0 Å². The summed E-state index contributed by atoms with van der Waals surface area (Å²) >= 11 is 0. The zero-order chi connectivity index (χ0) is 11.5. The van der Waals surface area contributed by atoms with Crippen molar-refractivity contribution in [3.8, 4) is 0 Å². The molecule has 0 amide bonds. The first-order valence-electron chi connectivity index (χ1n) is 6.02. The van der Waals surface area contributed by atoms with Crippen LogP contribution in [0.15, 0.2) is 18.3 Å². The van der Waals surface area contributed by atoms with E-state index >= 15 is 0 Å². The predicted molar refractivity (Wildman–Crippen MR) is 63.8 cm³/mol. The summed E-state index contributed by atoms with van der Waals surface area (Å²) in [4.78, 5) is 4.04. The molecule has 0 bridgehead atoms. The van der Waals surface area contributed by atoms with Crippen LogP contribution in [-0.2, 0) is 0 Å². The summed E-state index contributed by atoms with van der Waals surface area (Å²) < 4.78 is 13.4. The second-order valence-corrected chi connectivity index (χ2v) is 5.09. The molecule has 2 rings (SSSR count). The summed E-state index contributed by atoms with van der Waals surface area (Å²) in [6.45, 7) is 4.53. The van der Waals surface area contributed by atoms with Crippen molar-refractivity contribution < 1.29 is 4.39 Å². The van der Waals surface area contributed by atoms with Gasteiger partial charge in [-0.3, -0.25) is 0 Å². The van der Waals surface area contributed by atoms with Crippen molar-refractivity contribution in [1.82, 2.24) is 4.98 Å². The van der Waals surface area contributed by atoms with Crippen LogP contribution in [0.1, 0.15) is 33.1 Å². The fraction of sp³-hybridized carbons (Fsp3) is 0.615. The van der Waals surface area contributed by atoms with Gasteiger partial charge < -0.3 is 5.32 Å². The predicted octanol–water partition coefficient (Wildman–Crippen LogP) is 3.46. The van der Waals surface area contributed by atoms with Crippen LogP contribution >= 0.6 is 0 Å². The van der Waals surface area contributed by atoms with Crippen LogP contribution in [0.2, 0.25) is 0 Å². The van der Waals surface area contributed by atoms with Crippen LogP contribution in [-0.4, -0.2) is 11.0 Å². The molecule has 2 unspecified atom stereocenters. The molecule has 0 saturated heterocycles. The van der Waals surface area contributed by atoms with Gasteiger partial charge in [-0.05, 0) is 43.2 Å². The second kappa shape index (κ2) is 4.81. The SMILES string of the molecule is CC1CC(C)CC(Nc2ncccc2F)C1. The smallest absolute Gasteiger partial charge is 0.165 e. The molecule has 1 aliphatic carbocycles. The molecule has 1 saturated carbocycles. The van der Waals surface area contributed by atoms with Gasteiger partial charge in [-0.15, -0.1) is 0 Å². The first kappa shape index (κ1) is 11.4. The van der Waals surface area contributed by atoms with Gasteiger partial charge in [-0.25, -0.2) is 9.37 Å². The minimum atomic E-state index is -0.256. The quantitative estimate of drug-likeness (QED) is 0.829. The number of pyridine rings is 1. The van der Waals surface area contributed by atoms with Gasteiger partial charge in [-0.2, -0.15) is 0 Å². The standard InChI is InChI=1S/C13H19FN2/c1-9-6-10(2)8-11(7-9)16-13-12(14)4-3-5-15-13/h3-5,9-11H,6-8H2,1-2H3,(H,15,16). The Bertz CT molecular complexity index is 344. The molecule has 0 spiro atoms. The minimum Gasteiger partial charge on any atom is -0.365 e. The van der Waals surface area contributed by atoms with Gasteiger partial charge in [0.2, 0.25) is 0 Å². The molecular formula is C13H19FN2. The van der Waals surface area contributed by atoms with E-state index < -0.39 is 0 Å². The van der Waals surface area contributed by atoms with Crippen LogP contribution in [0.4, 0.5) is 10.2 Å². The summed E-state index contributed by atoms with van der Waals surface area (Å²) in [5.74, 6) is 1.57. The van der Waals surface area contributed by atoms with Crippen LogP contribution in [0, 0.1) is 17.7 Å². The largest absolute Gasteiger partial charge is 0.365 e. The van der Waals surface area contributed by atoms with E-state index in [9.17, 15) is 4.39 Å². The van der Waals surface area contributed by atoms with E-state index in [4.69, 9.17) is 0 Å². The van der Waals surface area contributed by atoms with E-state index in [1.165, 1.54) is 12.5 Å². The van der Waals surface area contributed by atoms with Crippen molar-refractivity contribution in [2.45, 2.75) is 39.2 Å². The van der Waals surface area contributed by atoms with Gasteiger partial charge >= 0.3 is 0 Å². The zero-order valence-electron chi connectivity index (χ0n) is 9.91. The molecule has 1 aliphatic rings. The first-order chi connectivity index (χ1) is 7.65. The summed E-state index contributed by atoms with van der Waals surface area (Å²) in [7, 11) is 0. The lowest BCUT2D eigenvalue weighted by Crippen LogP contribution is -2.30. The van der Waals surface area contributed by atoms with Gasteiger partial charge in [0.1, 0.15) is 0 Å². The van der Waals surface area contributed by atoms with E-state index in [0.717, 1.165) is 12.8 Å². The van der Waals surface area contributed by atoms with Gasteiger partial charge in [0.05, 0.1) is 0 Å². The Morgan fingerprint density at radius 2 is 1.94 bits per heavy atom. The number of rotatable bonds is 2. The molecule has 3 heteroatoms. The third kappa shape index (κ3) is 2.71. The lowest BCUT2D eigenvalue weighted by molar-refractivity contribution is 0.280. The highest BCUT2D eigenvalue weighted by atomic mass is 19.1. The topological polar surface area (TPSA) is 24.9 Å². The van der Waals surface area contributed by atoms with E-state index in [-0.39, 0.29) is 5.82 Å². The Morgan fingerprint density at radius 3 is 2.56 bits per heavy atom. The zero-order valence-corrected chi connectivity index (χ0v) is 9.91. The van der Waals surface area contributed by atoms with E-state index in [1.54, 1.807) is 12.3 Å². The van der Waals surface area contributed by atoms with Crippen molar-refractivity contribution in [3.05, 3.63) is 24.1 Å². The number of hydrogen-bond acceptors (Lipinski definition) is 2. The normalized spacial score (nSPS) is 30.1. The molecule has 1 aromatic rings. The molecule has 0 aliphatic heterocycles. The summed E-state index contributed by atoms with van der Waals surface area (Å²) in [5, 5.41) is 3.22. The second-order valence-electron chi connectivity index (χ2n) is 5.09. The van der Waals surface area contributed by atoms with Gasteiger partial charge in [0.15, 0.2) is 11.6 Å². The number of nitrogens with one attached hydrogen (secondary N) is 1. The Morgan fingerprint density at radius 1 is 1.25 bits per heavy atom. The maximum Gasteiger partial charge on any atom is 0.165 e. The maximum atomic E-state index is 13.4. The summed E-state index contributed by atoms with van der Waals surface area (Å²) in [5.41, 5.74) is 0. The molecular weight excluding hydrogens is 203 g/mol. The molecule has 1 aromatic heterocycles. The Balaban J connectivity index is 2.02. The number of nitrogens with zero attached hydrogens (tertiary/aromatic N) is 1. The highest BCUT2D eigenvalue weighted by Gasteiger charge is 2.24. The number of aromatic nitrogens is 1. The van der Waals surface area contributed by atoms with Crippen molar-refractivity contribution >= 4 is 5.82 Å². The van der Waals surface area contributed by atoms with E-state index in [2.05, 4.69) is 24.1 Å². The molecule has 0 aromatic carbocycles. The fourth-order valence-corrected chi connectivity index (χ4v) is 2.75. The number of hydrogen-bond donors (Lipinski definition) is 1. The molecule has 1 fully saturated rings. The molecule has 88 valence electrons. The fourth-order valence-electron chi connectivity index (χ4n) is 2.75. The third-order valence-electron chi connectivity index (χ3n) is 3.28. The van der Waals surface area contributed by atoms with Gasteiger partial charge in [-0.1, -0.05) is 13.8 Å². The molecule has 1 heterocycles. The van der Waals surface area contributed by atoms with Gasteiger partial charge in [0.25, 0.3) is 0 Å². The van der Waals surface area contributed by atoms with Crippen LogP contribution in [0.5, 0.6) is 0 Å². The lowest BCUT2D eigenvalue weighted by Gasteiger charge is -2.32. The monoisotopic (exact) mass is 222 g/mol. The molecule has 2 atom stereocenters. The highest BCUT2D eigenvalue weighted by Crippen LogP contribution is 2.30. The van der Waals surface area contributed by atoms with E-state index in [0.29, 0.717) is 23.7 Å². The van der Waals surface area contributed by atoms with Crippen molar-refractivity contribution in [2.24, 2.45) is 11.8 Å². The molecule has 0 radical (unpaired) electrons. The lowest BCUT2D eigenvalue weighted by atomic mass is 9.80. The maximum absolute atomic E-state index is 13.4. The summed E-state index contributed by atoms with van der Waals surface area (Å²) in [6, 6.07) is 3.43. The van der Waals surface area contributed by atoms with Crippen LogP contribution < -0.4 is 5.32 Å². The van der Waals surface area contributed by atoms with Gasteiger partial charge in [0, 0.05) is 12.2 Å². The van der Waals surface area contributed by atoms with Crippen LogP contribution in [0.3, 0.4) is 0 Å². The number of halogens is 1. The molecule has 16 heavy (non-hydrogen) atoms. The Hall–Kier alpha value is -1.12. The van der Waals surface area contributed by atoms with Crippen LogP contribution in [0.25, 0.3) is 0 Å². The summed E-state index contributed by atoms with van der Waals surface area (Å²) in [6.07, 6.45) is 5.13. The third-order valence-corrected chi connectivity index (χ3v) is 3.28. The average molecular weight is 222 g/mol. The van der Waals surface area contributed by atoms with Crippen molar-refractivity contribution in [3.63, 3.8) is 0 Å². The molecule has 2 nitrogen and oxygen atoms in total. The minimum absolute atomic E-state index is 0.256. The van der Waals surface area contributed by atoms with E-state index in [1.807, 2.05) is 0 Å². The highest BCUT2D eigenvalue weighted by molar-refractivity contribution is 5.36. The Labute approximate surface area is 96.3 Å². The number of anilines is 1. The Kier molecular flexibility index (Phi) is 3.42. The first-order valence-corrected chi connectivity index (χ1v) is 6.02. The average Bonchev–Trinajstić information content (AvgIpc) is 2.20.